The summed E-state index contributed by atoms with van der Waals surface area (Å²) in [5, 5.41) is 2.24. The van der Waals surface area contributed by atoms with Gasteiger partial charge in [0.25, 0.3) is 0 Å². The van der Waals surface area contributed by atoms with Crippen LogP contribution in [0, 0.1) is 0 Å². The molecule has 0 saturated heterocycles. The molecule has 7 heteroatoms. The van der Waals surface area contributed by atoms with Crippen molar-refractivity contribution in [1.29, 1.82) is 0 Å². The molecule has 0 radical (unpaired) electrons. The molecule has 88 valence electrons. The molecule has 0 aromatic carbocycles. The van der Waals surface area contributed by atoms with Crippen LogP contribution in [-0.2, 0) is 4.74 Å². The van der Waals surface area contributed by atoms with E-state index in [4.69, 9.17) is 4.74 Å². The summed E-state index contributed by atoms with van der Waals surface area (Å²) in [6, 6.07) is 1.65. The minimum Gasteiger partial charge on any atom is -0.481 e. The topological polar surface area (TPSA) is 74.2 Å². The van der Waals surface area contributed by atoms with Gasteiger partial charge in [-0.25, -0.2) is 19.7 Å². The number of hydrogen-bond acceptors (Lipinski definition) is 7. The van der Waals surface area contributed by atoms with Gasteiger partial charge < -0.3 is 9.47 Å². The Morgan fingerprint density at radius 3 is 2.88 bits per heavy atom. The van der Waals surface area contributed by atoms with Gasteiger partial charge in [-0.3, -0.25) is 0 Å². The first-order valence-corrected chi connectivity index (χ1v) is 5.53. The van der Waals surface area contributed by atoms with E-state index in [1.54, 1.807) is 11.4 Å². The van der Waals surface area contributed by atoms with Gasteiger partial charge in [-0.1, -0.05) is 0 Å². The van der Waals surface area contributed by atoms with Gasteiger partial charge in [-0.2, -0.15) is 0 Å². The standard InChI is InChI=1S/C10H9N3O3S/c1-15-8-3-6(11-5-12-8)9-13-7(4-17-9)10(14)16-2/h3-5H,1-2H3. The molecule has 2 aromatic rings. The van der Waals surface area contributed by atoms with E-state index in [1.807, 2.05) is 0 Å². The fourth-order valence-corrected chi connectivity index (χ4v) is 1.91. The van der Waals surface area contributed by atoms with Crippen LogP contribution in [0.25, 0.3) is 10.7 Å². The average Bonchev–Trinajstić information content (AvgIpc) is 2.87. The van der Waals surface area contributed by atoms with Gasteiger partial charge in [0.05, 0.1) is 14.2 Å². The second-order valence-electron chi connectivity index (χ2n) is 2.98. The Kier molecular flexibility index (Phi) is 3.29. The van der Waals surface area contributed by atoms with E-state index in [-0.39, 0.29) is 5.69 Å². The maximum atomic E-state index is 11.2. The van der Waals surface area contributed by atoms with Gasteiger partial charge in [-0.15, -0.1) is 11.3 Å². The predicted molar refractivity (Wildman–Crippen MR) is 61.0 cm³/mol. The smallest absolute Gasteiger partial charge is 0.357 e. The highest BCUT2D eigenvalue weighted by Gasteiger charge is 2.13. The molecule has 6 nitrogen and oxygen atoms in total. The van der Waals surface area contributed by atoms with Crippen molar-refractivity contribution >= 4 is 17.3 Å². The van der Waals surface area contributed by atoms with Crippen LogP contribution in [0.1, 0.15) is 10.5 Å². The third kappa shape index (κ3) is 2.39. The molecule has 0 fully saturated rings. The summed E-state index contributed by atoms with van der Waals surface area (Å²) >= 11 is 1.31. The van der Waals surface area contributed by atoms with Crippen molar-refractivity contribution in [1.82, 2.24) is 15.0 Å². The first-order valence-electron chi connectivity index (χ1n) is 4.65. The van der Waals surface area contributed by atoms with Crippen molar-refractivity contribution in [2.45, 2.75) is 0 Å². The lowest BCUT2D eigenvalue weighted by Gasteiger charge is -1.99. The monoisotopic (exact) mass is 251 g/mol. The molecule has 0 N–H and O–H groups in total. The minimum atomic E-state index is -0.464. The number of nitrogens with zero attached hydrogens (tertiary/aromatic N) is 3. The van der Waals surface area contributed by atoms with Crippen LogP contribution in [0.3, 0.4) is 0 Å². The molecule has 0 aliphatic carbocycles. The van der Waals surface area contributed by atoms with E-state index >= 15 is 0 Å². The van der Waals surface area contributed by atoms with Gasteiger partial charge >= 0.3 is 5.97 Å². The van der Waals surface area contributed by atoms with E-state index in [0.717, 1.165) is 0 Å². The molecule has 0 unspecified atom stereocenters. The molecule has 0 saturated carbocycles. The van der Waals surface area contributed by atoms with Crippen molar-refractivity contribution in [2.24, 2.45) is 0 Å². The Morgan fingerprint density at radius 2 is 2.18 bits per heavy atom. The van der Waals surface area contributed by atoms with Crippen LogP contribution in [0.4, 0.5) is 0 Å². The summed E-state index contributed by atoms with van der Waals surface area (Å²) in [7, 11) is 2.84. The van der Waals surface area contributed by atoms with Crippen molar-refractivity contribution < 1.29 is 14.3 Å². The Morgan fingerprint density at radius 1 is 1.35 bits per heavy atom. The molecular weight excluding hydrogens is 242 g/mol. The van der Waals surface area contributed by atoms with Gasteiger partial charge in [0.2, 0.25) is 5.88 Å². The lowest BCUT2D eigenvalue weighted by atomic mass is 10.4. The van der Waals surface area contributed by atoms with Crippen molar-refractivity contribution in [3.63, 3.8) is 0 Å². The highest BCUT2D eigenvalue weighted by Crippen LogP contribution is 2.23. The Bertz CT molecular complexity index is 541. The van der Waals surface area contributed by atoms with Gasteiger partial charge in [-0.05, 0) is 0 Å². The van der Waals surface area contributed by atoms with Crippen LogP contribution in [0.5, 0.6) is 5.88 Å². The van der Waals surface area contributed by atoms with Crippen LogP contribution in [0.2, 0.25) is 0 Å². The number of thiazole rings is 1. The summed E-state index contributed by atoms with van der Waals surface area (Å²) in [6.45, 7) is 0. The summed E-state index contributed by atoms with van der Waals surface area (Å²) in [5.74, 6) is -0.0154. The van der Waals surface area contributed by atoms with Gasteiger partial charge in [0.1, 0.15) is 17.0 Å². The average molecular weight is 251 g/mol. The van der Waals surface area contributed by atoms with Crippen LogP contribution in [-0.4, -0.2) is 35.1 Å². The zero-order valence-corrected chi connectivity index (χ0v) is 10.0. The van der Waals surface area contributed by atoms with Gasteiger partial charge in [0, 0.05) is 11.4 Å². The van der Waals surface area contributed by atoms with Crippen molar-refractivity contribution in [3.05, 3.63) is 23.5 Å². The lowest BCUT2D eigenvalue weighted by molar-refractivity contribution is 0.0595. The van der Waals surface area contributed by atoms with Crippen LogP contribution in [0.15, 0.2) is 17.8 Å². The number of hydrogen-bond donors (Lipinski definition) is 0. The highest BCUT2D eigenvalue weighted by atomic mass is 32.1. The number of carbonyl (C=O) groups is 1. The van der Waals surface area contributed by atoms with E-state index in [1.165, 1.54) is 31.9 Å². The lowest BCUT2D eigenvalue weighted by Crippen LogP contribution is -2.01. The number of rotatable bonds is 3. The number of methoxy groups -OCH3 is 2. The summed E-state index contributed by atoms with van der Waals surface area (Å²) in [4.78, 5) is 23.3. The quantitative estimate of drug-likeness (QED) is 0.767. The number of carbonyl (C=O) groups excluding carboxylic acids is 1. The largest absolute Gasteiger partial charge is 0.481 e. The predicted octanol–water partition coefficient (Wildman–Crippen LogP) is 1.40. The molecule has 0 aliphatic heterocycles. The molecule has 0 aliphatic rings. The summed E-state index contributed by atoms with van der Waals surface area (Å²) in [6.07, 6.45) is 1.38. The summed E-state index contributed by atoms with van der Waals surface area (Å²) in [5.41, 5.74) is 0.877. The zero-order valence-electron chi connectivity index (χ0n) is 9.21. The maximum Gasteiger partial charge on any atom is 0.357 e. The third-order valence-electron chi connectivity index (χ3n) is 1.97. The van der Waals surface area contributed by atoms with Crippen molar-refractivity contribution in [2.75, 3.05) is 14.2 Å². The van der Waals surface area contributed by atoms with Gasteiger partial charge in [0.15, 0.2) is 5.69 Å². The molecule has 0 spiro atoms. The molecule has 2 rings (SSSR count). The highest BCUT2D eigenvalue weighted by molar-refractivity contribution is 7.13. The molecule has 0 amide bonds. The second-order valence-corrected chi connectivity index (χ2v) is 3.83. The van der Waals surface area contributed by atoms with Crippen LogP contribution < -0.4 is 4.74 Å². The van der Waals surface area contributed by atoms with E-state index in [2.05, 4.69) is 19.7 Å². The number of esters is 1. The normalized spacial score (nSPS) is 10.0. The zero-order chi connectivity index (χ0) is 12.3. The fraction of sp³-hybridized carbons (Fsp3) is 0.200. The SMILES string of the molecule is COC(=O)c1csc(-c2cc(OC)ncn2)n1. The first-order chi connectivity index (χ1) is 8.24. The number of ether oxygens (including phenoxy) is 2. The molecule has 0 atom stereocenters. The molecule has 2 heterocycles. The van der Waals surface area contributed by atoms with E-state index in [0.29, 0.717) is 16.6 Å². The molecule has 17 heavy (non-hydrogen) atoms. The number of aromatic nitrogens is 3. The first kappa shape index (κ1) is 11.5. The summed E-state index contributed by atoms with van der Waals surface area (Å²) < 4.78 is 9.56. The molecule has 0 bridgehead atoms. The second kappa shape index (κ2) is 4.88. The maximum absolute atomic E-state index is 11.2. The van der Waals surface area contributed by atoms with Crippen molar-refractivity contribution in [3.8, 4) is 16.6 Å². The Balaban J connectivity index is 2.33. The Hall–Kier alpha value is -2.02. The van der Waals surface area contributed by atoms with E-state index in [9.17, 15) is 4.79 Å². The molecular formula is C10H9N3O3S. The minimum absolute atomic E-state index is 0.269. The third-order valence-corrected chi connectivity index (χ3v) is 2.83. The van der Waals surface area contributed by atoms with E-state index < -0.39 is 5.97 Å². The Labute approximate surface area is 101 Å². The molecule has 2 aromatic heterocycles. The fourth-order valence-electron chi connectivity index (χ4n) is 1.16. The van der Waals surface area contributed by atoms with Crippen LogP contribution >= 0.6 is 11.3 Å².